The molecule has 1 heterocycles. The lowest BCUT2D eigenvalue weighted by Crippen LogP contribution is -2.11. The molecular weight excluding hydrogens is 356 g/mol. The van der Waals surface area contributed by atoms with Gasteiger partial charge in [0.1, 0.15) is 5.75 Å². The summed E-state index contributed by atoms with van der Waals surface area (Å²) in [4.78, 5) is 16.8. The maximum absolute atomic E-state index is 12.4. The molecule has 0 aliphatic rings. The summed E-state index contributed by atoms with van der Waals surface area (Å²) in [5, 5.41) is 3.49. The summed E-state index contributed by atoms with van der Waals surface area (Å²) in [5.74, 6) is 0.650. The van der Waals surface area contributed by atoms with Gasteiger partial charge in [0.15, 0.2) is 5.13 Å². The fraction of sp³-hybridized carbons (Fsp3) is 0.364. The molecule has 0 saturated heterocycles. The van der Waals surface area contributed by atoms with Crippen molar-refractivity contribution in [1.82, 2.24) is 4.98 Å². The number of nitrogens with one attached hydrogen (secondary N) is 1. The van der Waals surface area contributed by atoms with Crippen LogP contribution in [-0.2, 0) is 0 Å². The first-order valence-electron chi connectivity index (χ1n) is 9.66. The standard InChI is InChI=1S/C22H26N2O2S/c1-2-3-4-5-6-9-16-26-18-14-12-17(13-15-18)21(25)24-22-23-19-10-7-8-11-20(19)27-22/h7-8,10-15H,2-6,9,16H2,1H3,(H,23,24,25). The third-order valence-corrected chi connectivity index (χ3v) is 5.35. The summed E-state index contributed by atoms with van der Waals surface area (Å²) in [6.07, 6.45) is 7.47. The normalized spacial score (nSPS) is 10.9. The Hall–Kier alpha value is -2.40. The van der Waals surface area contributed by atoms with E-state index in [-0.39, 0.29) is 5.91 Å². The van der Waals surface area contributed by atoms with Crippen molar-refractivity contribution in [3.8, 4) is 5.75 Å². The lowest BCUT2D eigenvalue weighted by molar-refractivity contribution is 0.102. The molecule has 0 atom stereocenters. The highest BCUT2D eigenvalue weighted by atomic mass is 32.1. The Kier molecular flexibility index (Phi) is 7.22. The van der Waals surface area contributed by atoms with Gasteiger partial charge in [0.05, 0.1) is 16.8 Å². The topological polar surface area (TPSA) is 51.2 Å². The fourth-order valence-electron chi connectivity index (χ4n) is 2.87. The number of benzene rings is 2. The first-order valence-corrected chi connectivity index (χ1v) is 10.5. The Balaban J connectivity index is 1.45. The molecule has 5 heteroatoms. The summed E-state index contributed by atoms with van der Waals surface area (Å²) >= 11 is 1.48. The van der Waals surface area contributed by atoms with Gasteiger partial charge in [0.2, 0.25) is 0 Å². The highest BCUT2D eigenvalue weighted by Crippen LogP contribution is 2.26. The number of anilines is 1. The Labute approximate surface area is 164 Å². The fourth-order valence-corrected chi connectivity index (χ4v) is 3.73. The SMILES string of the molecule is CCCCCCCCOc1ccc(C(=O)Nc2nc3ccccc3s2)cc1. The largest absolute Gasteiger partial charge is 0.494 e. The summed E-state index contributed by atoms with van der Waals surface area (Å²) in [5.41, 5.74) is 1.50. The van der Waals surface area contributed by atoms with Crippen LogP contribution in [-0.4, -0.2) is 17.5 Å². The molecule has 0 saturated carbocycles. The molecule has 0 fully saturated rings. The number of unbranched alkanes of at least 4 members (excludes halogenated alkanes) is 5. The number of hydrogen-bond donors (Lipinski definition) is 1. The molecule has 0 radical (unpaired) electrons. The van der Waals surface area contributed by atoms with Crippen LogP contribution in [0.15, 0.2) is 48.5 Å². The van der Waals surface area contributed by atoms with Crippen LogP contribution in [0.25, 0.3) is 10.2 Å². The number of thiazole rings is 1. The second-order valence-corrected chi connectivity index (χ2v) is 7.61. The molecule has 1 N–H and O–H groups in total. The van der Waals surface area contributed by atoms with E-state index in [1.165, 1.54) is 43.4 Å². The maximum atomic E-state index is 12.4. The van der Waals surface area contributed by atoms with Gasteiger partial charge in [-0.1, -0.05) is 62.5 Å². The smallest absolute Gasteiger partial charge is 0.257 e. The number of carbonyl (C=O) groups excluding carboxylic acids is 1. The molecule has 3 aromatic rings. The second kappa shape index (κ2) is 10.1. The number of para-hydroxylation sites is 1. The average Bonchev–Trinajstić information content (AvgIpc) is 3.10. The number of amides is 1. The lowest BCUT2D eigenvalue weighted by Gasteiger charge is -2.07. The third kappa shape index (κ3) is 5.79. The van der Waals surface area contributed by atoms with Crippen molar-refractivity contribution in [3.63, 3.8) is 0 Å². The van der Waals surface area contributed by atoms with Gasteiger partial charge >= 0.3 is 0 Å². The Morgan fingerprint density at radius 2 is 1.74 bits per heavy atom. The van der Waals surface area contributed by atoms with Crippen molar-refractivity contribution in [2.75, 3.05) is 11.9 Å². The van der Waals surface area contributed by atoms with Crippen LogP contribution in [0, 0.1) is 0 Å². The molecule has 0 aliphatic heterocycles. The molecule has 2 aromatic carbocycles. The summed E-state index contributed by atoms with van der Waals surface area (Å²) in [7, 11) is 0. The van der Waals surface area contributed by atoms with E-state index in [2.05, 4.69) is 17.2 Å². The summed E-state index contributed by atoms with van der Waals surface area (Å²) in [6.45, 7) is 2.95. The second-order valence-electron chi connectivity index (χ2n) is 6.58. The zero-order chi connectivity index (χ0) is 18.9. The number of hydrogen-bond acceptors (Lipinski definition) is 4. The van der Waals surface area contributed by atoms with Crippen LogP contribution in [0.4, 0.5) is 5.13 Å². The zero-order valence-electron chi connectivity index (χ0n) is 15.7. The van der Waals surface area contributed by atoms with E-state index in [4.69, 9.17) is 4.74 Å². The molecule has 27 heavy (non-hydrogen) atoms. The maximum Gasteiger partial charge on any atom is 0.257 e. The molecule has 0 bridgehead atoms. The molecule has 1 aromatic heterocycles. The van der Waals surface area contributed by atoms with E-state index < -0.39 is 0 Å². The van der Waals surface area contributed by atoms with Crippen molar-refractivity contribution in [3.05, 3.63) is 54.1 Å². The number of aromatic nitrogens is 1. The summed E-state index contributed by atoms with van der Waals surface area (Å²) in [6, 6.07) is 15.1. The van der Waals surface area contributed by atoms with Gasteiger partial charge in [-0.05, 0) is 42.8 Å². The minimum absolute atomic E-state index is 0.156. The minimum Gasteiger partial charge on any atom is -0.494 e. The van der Waals surface area contributed by atoms with E-state index in [1.807, 2.05) is 36.4 Å². The number of rotatable bonds is 10. The molecule has 4 nitrogen and oxygen atoms in total. The highest BCUT2D eigenvalue weighted by Gasteiger charge is 2.10. The van der Waals surface area contributed by atoms with Gasteiger partial charge in [-0.3, -0.25) is 10.1 Å². The first-order chi connectivity index (χ1) is 13.3. The van der Waals surface area contributed by atoms with Crippen LogP contribution in [0.3, 0.4) is 0 Å². The quantitative estimate of drug-likeness (QED) is 0.419. The van der Waals surface area contributed by atoms with Gasteiger partial charge in [0, 0.05) is 5.56 Å². The van der Waals surface area contributed by atoms with Crippen LogP contribution in [0.1, 0.15) is 55.8 Å². The Morgan fingerprint density at radius 3 is 2.52 bits per heavy atom. The molecule has 0 spiro atoms. The summed E-state index contributed by atoms with van der Waals surface area (Å²) < 4.78 is 6.82. The van der Waals surface area contributed by atoms with Gasteiger partial charge in [0.25, 0.3) is 5.91 Å². The number of nitrogens with zero attached hydrogens (tertiary/aromatic N) is 1. The average molecular weight is 383 g/mol. The highest BCUT2D eigenvalue weighted by molar-refractivity contribution is 7.22. The van der Waals surface area contributed by atoms with E-state index in [0.717, 1.165) is 29.0 Å². The van der Waals surface area contributed by atoms with E-state index in [9.17, 15) is 4.79 Å². The van der Waals surface area contributed by atoms with E-state index >= 15 is 0 Å². The number of fused-ring (bicyclic) bond motifs is 1. The van der Waals surface area contributed by atoms with Crippen molar-refractivity contribution >= 4 is 32.6 Å². The Morgan fingerprint density at radius 1 is 1.00 bits per heavy atom. The molecule has 0 unspecified atom stereocenters. The van der Waals surface area contributed by atoms with E-state index in [0.29, 0.717) is 10.7 Å². The van der Waals surface area contributed by atoms with Crippen molar-refractivity contribution in [2.45, 2.75) is 45.4 Å². The van der Waals surface area contributed by atoms with Crippen LogP contribution in [0.5, 0.6) is 5.75 Å². The van der Waals surface area contributed by atoms with Crippen molar-refractivity contribution < 1.29 is 9.53 Å². The molecular formula is C22H26N2O2S. The van der Waals surface area contributed by atoms with Crippen LogP contribution < -0.4 is 10.1 Å². The molecule has 142 valence electrons. The Bertz CT molecular complexity index is 825. The van der Waals surface area contributed by atoms with Gasteiger partial charge in [-0.2, -0.15) is 0 Å². The van der Waals surface area contributed by atoms with Crippen LogP contribution >= 0.6 is 11.3 Å². The van der Waals surface area contributed by atoms with E-state index in [1.54, 1.807) is 12.1 Å². The number of ether oxygens (including phenoxy) is 1. The van der Waals surface area contributed by atoms with Crippen LogP contribution in [0.2, 0.25) is 0 Å². The first kappa shape index (κ1) is 19.4. The van der Waals surface area contributed by atoms with Gasteiger partial charge < -0.3 is 4.74 Å². The monoisotopic (exact) mass is 382 g/mol. The zero-order valence-corrected chi connectivity index (χ0v) is 16.6. The lowest BCUT2D eigenvalue weighted by atomic mass is 10.1. The predicted molar refractivity (Wildman–Crippen MR) is 113 cm³/mol. The minimum atomic E-state index is -0.156. The molecule has 1 amide bonds. The van der Waals surface area contributed by atoms with Crippen molar-refractivity contribution in [2.24, 2.45) is 0 Å². The molecule has 0 aliphatic carbocycles. The number of carbonyl (C=O) groups is 1. The van der Waals surface area contributed by atoms with Gasteiger partial charge in [-0.25, -0.2) is 4.98 Å². The van der Waals surface area contributed by atoms with Crippen molar-refractivity contribution in [1.29, 1.82) is 0 Å². The molecule has 3 rings (SSSR count). The third-order valence-electron chi connectivity index (χ3n) is 4.40. The van der Waals surface area contributed by atoms with Gasteiger partial charge in [-0.15, -0.1) is 0 Å². The predicted octanol–water partition coefficient (Wildman–Crippen LogP) is 6.29.